The SMILES string of the molecule is CCCCCCCCCCCCCCCCCCCCC1C(=O)NC(=O)NC1=O. The summed E-state index contributed by atoms with van der Waals surface area (Å²) in [6, 6.07) is -0.700. The summed E-state index contributed by atoms with van der Waals surface area (Å²) in [5.74, 6) is -1.61. The lowest BCUT2D eigenvalue weighted by Gasteiger charge is -2.20. The molecule has 1 heterocycles. The third-order valence-corrected chi connectivity index (χ3v) is 5.95. The molecule has 168 valence electrons. The van der Waals surface area contributed by atoms with Gasteiger partial charge in [0.2, 0.25) is 11.8 Å². The lowest BCUT2D eigenvalue weighted by molar-refractivity contribution is -0.136. The van der Waals surface area contributed by atoms with Crippen LogP contribution in [0.5, 0.6) is 0 Å². The third kappa shape index (κ3) is 13.5. The van der Waals surface area contributed by atoms with Crippen molar-refractivity contribution in [2.45, 2.75) is 129 Å². The zero-order valence-corrected chi connectivity index (χ0v) is 18.7. The van der Waals surface area contributed by atoms with E-state index in [0.29, 0.717) is 6.42 Å². The van der Waals surface area contributed by atoms with Gasteiger partial charge in [-0.15, -0.1) is 0 Å². The molecule has 0 aromatic carbocycles. The number of amides is 4. The Hall–Kier alpha value is -1.39. The highest BCUT2D eigenvalue weighted by molar-refractivity contribution is 6.16. The number of nitrogens with one attached hydrogen (secondary N) is 2. The average Bonchev–Trinajstić information content (AvgIpc) is 2.68. The van der Waals surface area contributed by atoms with Gasteiger partial charge in [-0.3, -0.25) is 20.2 Å². The summed E-state index contributed by atoms with van der Waals surface area (Å²) < 4.78 is 0. The summed E-state index contributed by atoms with van der Waals surface area (Å²) in [6.45, 7) is 2.27. The van der Waals surface area contributed by atoms with Gasteiger partial charge in [0.25, 0.3) is 0 Å². The molecule has 0 unspecified atom stereocenters. The lowest BCUT2D eigenvalue weighted by atomic mass is 9.97. The quantitative estimate of drug-likeness (QED) is 0.192. The first-order valence-corrected chi connectivity index (χ1v) is 12.3. The molecule has 29 heavy (non-hydrogen) atoms. The summed E-state index contributed by atoms with van der Waals surface area (Å²) in [5, 5.41) is 4.32. The molecular formula is C24H44N2O3. The molecule has 5 nitrogen and oxygen atoms in total. The van der Waals surface area contributed by atoms with E-state index in [1.807, 2.05) is 0 Å². The van der Waals surface area contributed by atoms with E-state index in [2.05, 4.69) is 17.6 Å². The summed E-state index contributed by atoms with van der Waals surface area (Å²) in [5.41, 5.74) is 0. The fraction of sp³-hybridized carbons (Fsp3) is 0.875. The number of urea groups is 1. The van der Waals surface area contributed by atoms with Gasteiger partial charge >= 0.3 is 6.03 Å². The van der Waals surface area contributed by atoms with Gasteiger partial charge in [0.05, 0.1) is 0 Å². The van der Waals surface area contributed by atoms with Gasteiger partial charge in [0.15, 0.2) is 0 Å². The van der Waals surface area contributed by atoms with Crippen LogP contribution in [0.2, 0.25) is 0 Å². The molecular weight excluding hydrogens is 364 g/mol. The van der Waals surface area contributed by atoms with Gasteiger partial charge in [0, 0.05) is 0 Å². The Bertz CT molecular complexity index is 445. The van der Waals surface area contributed by atoms with Crippen LogP contribution in [-0.4, -0.2) is 17.8 Å². The van der Waals surface area contributed by atoms with Crippen molar-refractivity contribution in [1.29, 1.82) is 0 Å². The molecule has 0 aliphatic carbocycles. The maximum absolute atomic E-state index is 11.6. The number of barbiturate groups is 1. The lowest BCUT2D eigenvalue weighted by Crippen LogP contribution is -2.55. The summed E-state index contributed by atoms with van der Waals surface area (Å²) >= 11 is 0. The second-order valence-electron chi connectivity index (χ2n) is 8.66. The van der Waals surface area contributed by atoms with E-state index in [4.69, 9.17) is 0 Å². The number of rotatable bonds is 19. The highest BCUT2D eigenvalue weighted by Gasteiger charge is 2.33. The van der Waals surface area contributed by atoms with Gasteiger partial charge in [-0.1, -0.05) is 122 Å². The maximum Gasteiger partial charge on any atom is 0.328 e. The van der Waals surface area contributed by atoms with E-state index in [0.717, 1.165) is 19.3 Å². The molecule has 0 saturated carbocycles. The van der Waals surface area contributed by atoms with Crippen LogP contribution in [0.3, 0.4) is 0 Å². The molecule has 1 aliphatic heterocycles. The van der Waals surface area contributed by atoms with Crippen molar-refractivity contribution in [2.75, 3.05) is 0 Å². The Morgan fingerprint density at radius 2 is 0.828 bits per heavy atom. The normalized spacial score (nSPS) is 14.9. The Balaban J connectivity index is 1.78. The maximum atomic E-state index is 11.6. The average molecular weight is 409 g/mol. The zero-order valence-electron chi connectivity index (χ0n) is 18.7. The smallest absolute Gasteiger partial charge is 0.277 e. The van der Waals surface area contributed by atoms with Crippen LogP contribution < -0.4 is 10.6 Å². The second-order valence-corrected chi connectivity index (χ2v) is 8.66. The van der Waals surface area contributed by atoms with Gasteiger partial charge in [-0.05, 0) is 6.42 Å². The number of imide groups is 2. The van der Waals surface area contributed by atoms with Gasteiger partial charge < -0.3 is 0 Å². The molecule has 1 aliphatic rings. The first-order chi connectivity index (χ1) is 14.1. The predicted molar refractivity (Wildman–Crippen MR) is 119 cm³/mol. The molecule has 2 N–H and O–H groups in total. The molecule has 1 saturated heterocycles. The second kappa shape index (κ2) is 17.5. The fourth-order valence-electron chi connectivity index (χ4n) is 4.06. The van der Waals surface area contributed by atoms with E-state index in [1.54, 1.807) is 0 Å². The molecule has 1 rings (SSSR count). The van der Waals surface area contributed by atoms with E-state index in [1.165, 1.54) is 96.3 Å². The van der Waals surface area contributed by atoms with Crippen LogP contribution in [0.4, 0.5) is 4.79 Å². The van der Waals surface area contributed by atoms with Gasteiger partial charge in [-0.25, -0.2) is 4.79 Å². The topological polar surface area (TPSA) is 75.3 Å². The van der Waals surface area contributed by atoms with Gasteiger partial charge in [0.1, 0.15) is 5.92 Å². The van der Waals surface area contributed by atoms with Gasteiger partial charge in [-0.2, -0.15) is 0 Å². The fourth-order valence-corrected chi connectivity index (χ4v) is 4.06. The summed E-state index contributed by atoms with van der Waals surface area (Å²) in [7, 11) is 0. The van der Waals surface area contributed by atoms with E-state index in [-0.39, 0.29) is 0 Å². The Morgan fingerprint density at radius 1 is 0.517 bits per heavy atom. The van der Waals surface area contributed by atoms with E-state index >= 15 is 0 Å². The molecule has 0 aromatic rings. The molecule has 4 amide bonds. The number of carbonyl (C=O) groups is 3. The molecule has 0 radical (unpaired) electrons. The summed E-state index contributed by atoms with van der Waals surface area (Å²) in [6.07, 6.45) is 24.3. The standard InChI is InChI=1S/C24H44N2O3/c1-2-3-4-5-6-7-8-9-10-11-12-13-14-15-16-17-18-19-20-21-22(27)25-24(29)26-23(21)28/h21H,2-20H2,1H3,(H2,25,26,27,28,29). The summed E-state index contributed by atoms with van der Waals surface area (Å²) in [4.78, 5) is 34.3. The number of unbranched alkanes of at least 4 members (excludes halogenated alkanes) is 17. The van der Waals surface area contributed by atoms with E-state index < -0.39 is 23.8 Å². The minimum absolute atomic E-state index is 0.453. The third-order valence-electron chi connectivity index (χ3n) is 5.95. The Labute approximate surface area is 178 Å². The van der Waals surface area contributed by atoms with Crippen LogP contribution >= 0.6 is 0 Å². The van der Waals surface area contributed by atoms with Crippen LogP contribution in [0.1, 0.15) is 129 Å². The van der Waals surface area contributed by atoms with Crippen molar-refractivity contribution >= 4 is 17.8 Å². The minimum atomic E-state index is -0.700. The van der Waals surface area contributed by atoms with E-state index in [9.17, 15) is 14.4 Å². The highest BCUT2D eigenvalue weighted by atomic mass is 16.2. The van der Waals surface area contributed by atoms with Crippen LogP contribution in [0.15, 0.2) is 0 Å². The molecule has 0 aromatic heterocycles. The molecule has 0 atom stereocenters. The van der Waals surface area contributed by atoms with Crippen molar-refractivity contribution in [2.24, 2.45) is 5.92 Å². The number of hydrogen-bond acceptors (Lipinski definition) is 3. The van der Waals surface area contributed by atoms with Crippen LogP contribution in [0.25, 0.3) is 0 Å². The number of hydrogen-bond donors (Lipinski definition) is 2. The molecule has 5 heteroatoms. The van der Waals surface area contributed by atoms with Crippen molar-refractivity contribution < 1.29 is 14.4 Å². The zero-order chi connectivity index (χ0) is 21.2. The minimum Gasteiger partial charge on any atom is -0.277 e. The molecule has 1 fully saturated rings. The monoisotopic (exact) mass is 408 g/mol. The van der Waals surface area contributed by atoms with Crippen molar-refractivity contribution in [3.05, 3.63) is 0 Å². The Kier molecular flexibility index (Phi) is 15.4. The van der Waals surface area contributed by atoms with Crippen molar-refractivity contribution in [3.63, 3.8) is 0 Å². The highest BCUT2D eigenvalue weighted by Crippen LogP contribution is 2.16. The predicted octanol–water partition coefficient (Wildman–Crippen LogP) is 6.40. The van der Waals surface area contributed by atoms with Crippen LogP contribution in [-0.2, 0) is 9.59 Å². The first-order valence-electron chi connectivity index (χ1n) is 12.3. The van der Waals surface area contributed by atoms with Crippen LogP contribution in [0, 0.1) is 5.92 Å². The van der Waals surface area contributed by atoms with Crippen molar-refractivity contribution in [1.82, 2.24) is 10.6 Å². The van der Waals surface area contributed by atoms with Crippen molar-refractivity contribution in [3.8, 4) is 0 Å². The number of carbonyl (C=O) groups excluding carboxylic acids is 3. The Morgan fingerprint density at radius 3 is 1.17 bits per heavy atom. The first kappa shape index (κ1) is 25.6. The largest absolute Gasteiger partial charge is 0.328 e. The molecule has 0 bridgehead atoms. The molecule has 0 spiro atoms.